The quantitative estimate of drug-likeness (QED) is 0.849. The number of imidazole rings is 1. The largest absolute Gasteiger partial charge is 0.444 e. The maximum absolute atomic E-state index is 11.9. The summed E-state index contributed by atoms with van der Waals surface area (Å²) in [5.74, 6) is 0.353. The van der Waals surface area contributed by atoms with Crippen molar-refractivity contribution in [3.63, 3.8) is 0 Å². The molecule has 27 heavy (non-hydrogen) atoms. The van der Waals surface area contributed by atoms with E-state index in [2.05, 4.69) is 20.6 Å². The first-order valence-corrected chi connectivity index (χ1v) is 8.64. The van der Waals surface area contributed by atoms with E-state index in [9.17, 15) is 9.59 Å². The Morgan fingerprint density at radius 1 is 1.00 bits per heavy atom. The number of anilines is 1. The van der Waals surface area contributed by atoms with E-state index in [4.69, 9.17) is 9.47 Å². The highest BCUT2D eigenvalue weighted by atomic mass is 16.6. The van der Waals surface area contributed by atoms with Gasteiger partial charge in [0.05, 0.1) is 24.1 Å². The Labute approximate surface area is 158 Å². The van der Waals surface area contributed by atoms with E-state index in [-0.39, 0.29) is 6.54 Å². The van der Waals surface area contributed by atoms with Gasteiger partial charge < -0.3 is 19.2 Å². The zero-order valence-corrected chi connectivity index (χ0v) is 16.8. The molecule has 2 aromatic heterocycles. The number of amides is 2. The number of hydrogen-bond donors (Lipinski definition) is 2. The molecule has 148 valence electrons. The molecule has 0 aliphatic rings. The van der Waals surface area contributed by atoms with Gasteiger partial charge in [0.15, 0.2) is 11.5 Å². The number of carbonyl (C=O) groups is 2. The van der Waals surface area contributed by atoms with Gasteiger partial charge in [0.1, 0.15) is 11.2 Å². The fraction of sp³-hybridized carbons (Fsp3) is 0.556. The van der Waals surface area contributed by atoms with Crippen LogP contribution in [0.2, 0.25) is 0 Å². The third-order valence-corrected chi connectivity index (χ3v) is 3.10. The molecule has 0 aromatic carbocycles. The van der Waals surface area contributed by atoms with Gasteiger partial charge in [0.25, 0.3) is 0 Å². The molecular weight excluding hydrogens is 350 g/mol. The van der Waals surface area contributed by atoms with Crippen molar-refractivity contribution < 1.29 is 19.1 Å². The van der Waals surface area contributed by atoms with Gasteiger partial charge in [0, 0.05) is 6.20 Å². The number of rotatable bonds is 3. The molecule has 0 bridgehead atoms. The topological polar surface area (TPSA) is 107 Å². The molecule has 9 nitrogen and oxygen atoms in total. The normalized spacial score (nSPS) is 12.0. The summed E-state index contributed by atoms with van der Waals surface area (Å²) in [6, 6.07) is 0. The first-order chi connectivity index (χ1) is 12.3. The Kier molecular flexibility index (Phi) is 5.62. The van der Waals surface area contributed by atoms with Gasteiger partial charge >= 0.3 is 12.2 Å². The van der Waals surface area contributed by atoms with Gasteiger partial charge in [-0.3, -0.25) is 10.3 Å². The first-order valence-electron chi connectivity index (χ1n) is 8.64. The Hall–Kier alpha value is -2.84. The lowest BCUT2D eigenvalue weighted by molar-refractivity contribution is 0.0521. The molecule has 0 saturated heterocycles. The Morgan fingerprint density at radius 3 is 2.19 bits per heavy atom. The lowest BCUT2D eigenvalue weighted by Crippen LogP contribution is -2.32. The van der Waals surface area contributed by atoms with Crippen LogP contribution >= 0.6 is 0 Å². The fourth-order valence-corrected chi connectivity index (χ4v) is 2.25. The standard InChI is InChI=1S/C18H27N5O4/c1-11-14-21-13(22-16(25)27-18(5,6)7)10-23(14)9-12(20-11)8-19-15(24)26-17(2,3)4/h9-10H,8H2,1-7H3,(H,19,24)(H,22,25). The monoisotopic (exact) mass is 377 g/mol. The maximum atomic E-state index is 11.9. The highest BCUT2D eigenvalue weighted by molar-refractivity contribution is 5.84. The minimum absolute atomic E-state index is 0.207. The smallest absolute Gasteiger partial charge is 0.413 e. The summed E-state index contributed by atoms with van der Waals surface area (Å²) < 4.78 is 12.2. The van der Waals surface area contributed by atoms with Crippen LogP contribution in [-0.2, 0) is 16.0 Å². The number of carbonyl (C=O) groups excluding carboxylic acids is 2. The number of aryl methyl sites for hydroxylation is 1. The molecule has 0 atom stereocenters. The van der Waals surface area contributed by atoms with E-state index >= 15 is 0 Å². The number of aromatic nitrogens is 3. The van der Waals surface area contributed by atoms with Gasteiger partial charge in [0.2, 0.25) is 0 Å². The Balaban J connectivity index is 2.09. The summed E-state index contributed by atoms with van der Waals surface area (Å²) in [5.41, 5.74) is 0.732. The van der Waals surface area contributed by atoms with Crippen molar-refractivity contribution in [2.24, 2.45) is 0 Å². The van der Waals surface area contributed by atoms with Gasteiger partial charge in [-0.25, -0.2) is 14.6 Å². The first kappa shape index (κ1) is 20.5. The van der Waals surface area contributed by atoms with Crippen LogP contribution < -0.4 is 10.6 Å². The van der Waals surface area contributed by atoms with E-state index in [1.54, 1.807) is 65.3 Å². The minimum atomic E-state index is -0.596. The summed E-state index contributed by atoms with van der Waals surface area (Å²) in [5, 5.41) is 5.26. The highest BCUT2D eigenvalue weighted by Crippen LogP contribution is 2.15. The molecule has 0 radical (unpaired) electrons. The molecular formula is C18H27N5O4. The third-order valence-electron chi connectivity index (χ3n) is 3.10. The van der Waals surface area contributed by atoms with Crippen molar-refractivity contribution in [1.82, 2.24) is 19.7 Å². The van der Waals surface area contributed by atoms with Gasteiger partial charge in [-0.15, -0.1) is 0 Å². The molecule has 9 heteroatoms. The van der Waals surface area contributed by atoms with Crippen molar-refractivity contribution in [2.45, 2.75) is 66.2 Å². The van der Waals surface area contributed by atoms with Crippen LogP contribution in [0.5, 0.6) is 0 Å². The fourth-order valence-electron chi connectivity index (χ4n) is 2.25. The lowest BCUT2D eigenvalue weighted by atomic mass is 10.2. The molecule has 2 aromatic rings. The van der Waals surface area contributed by atoms with Crippen LogP contribution in [0.25, 0.3) is 5.65 Å². The summed E-state index contributed by atoms with van der Waals surface area (Å²) in [7, 11) is 0. The van der Waals surface area contributed by atoms with Gasteiger partial charge in [-0.2, -0.15) is 0 Å². The number of nitrogens with zero attached hydrogens (tertiary/aromatic N) is 3. The highest BCUT2D eigenvalue weighted by Gasteiger charge is 2.18. The molecule has 2 N–H and O–H groups in total. The average Bonchev–Trinajstić information content (AvgIpc) is 2.84. The van der Waals surface area contributed by atoms with Crippen LogP contribution in [0, 0.1) is 6.92 Å². The molecule has 0 unspecified atom stereocenters. The maximum Gasteiger partial charge on any atom is 0.413 e. The minimum Gasteiger partial charge on any atom is -0.444 e. The molecule has 0 fully saturated rings. The number of fused-ring (bicyclic) bond motifs is 1. The molecule has 0 saturated carbocycles. The van der Waals surface area contributed by atoms with E-state index in [1.807, 2.05) is 0 Å². The summed E-state index contributed by atoms with van der Waals surface area (Å²) in [4.78, 5) is 32.4. The van der Waals surface area contributed by atoms with Crippen molar-refractivity contribution in [3.05, 3.63) is 23.8 Å². The molecule has 2 amide bonds. The van der Waals surface area contributed by atoms with Crippen molar-refractivity contribution in [3.8, 4) is 0 Å². The second kappa shape index (κ2) is 7.42. The zero-order valence-electron chi connectivity index (χ0n) is 16.8. The van der Waals surface area contributed by atoms with Crippen molar-refractivity contribution >= 4 is 23.7 Å². The molecule has 0 aliphatic carbocycles. The van der Waals surface area contributed by atoms with Crippen LogP contribution in [-0.4, -0.2) is 37.8 Å². The van der Waals surface area contributed by atoms with Crippen molar-refractivity contribution in [1.29, 1.82) is 0 Å². The lowest BCUT2D eigenvalue weighted by Gasteiger charge is -2.19. The molecule has 2 heterocycles. The molecule has 0 aliphatic heterocycles. The SMILES string of the molecule is Cc1nc(CNC(=O)OC(C)(C)C)cn2cc(NC(=O)OC(C)(C)C)nc12. The van der Waals surface area contributed by atoms with Gasteiger partial charge in [-0.1, -0.05) is 0 Å². The third kappa shape index (κ3) is 6.43. The second-order valence-electron chi connectivity index (χ2n) is 8.16. The predicted molar refractivity (Wildman–Crippen MR) is 101 cm³/mol. The van der Waals surface area contributed by atoms with E-state index < -0.39 is 23.4 Å². The van der Waals surface area contributed by atoms with Crippen LogP contribution in [0.4, 0.5) is 15.4 Å². The van der Waals surface area contributed by atoms with E-state index in [0.717, 1.165) is 0 Å². The predicted octanol–water partition coefficient (Wildman–Crippen LogP) is 3.41. The van der Waals surface area contributed by atoms with Crippen LogP contribution in [0.1, 0.15) is 52.9 Å². The Bertz CT molecular complexity index is 846. The number of nitrogens with one attached hydrogen (secondary N) is 2. The summed E-state index contributed by atoms with van der Waals surface area (Å²) in [6.45, 7) is 12.8. The summed E-state index contributed by atoms with van der Waals surface area (Å²) in [6.07, 6.45) is 2.29. The van der Waals surface area contributed by atoms with E-state index in [0.29, 0.717) is 22.9 Å². The number of alkyl carbamates (subject to hydrolysis) is 1. The average molecular weight is 377 g/mol. The second-order valence-corrected chi connectivity index (χ2v) is 8.16. The zero-order chi connectivity index (χ0) is 20.4. The van der Waals surface area contributed by atoms with E-state index in [1.165, 1.54) is 0 Å². The number of ether oxygens (including phenoxy) is 2. The number of hydrogen-bond acceptors (Lipinski definition) is 6. The Morgan fingerprint density at radius 2 is 1.59 bits per heavy atom. The van der Waals surface area contributed by atoms with Crippen LogP contribution in [0.15, 0.2) is 12.4 Å². The molecule has 0 spiro atoms. The summed E-state index contributed by atoms with van der Waals surface area (Å²) >= 11 is 0. The van der Waals surface area contributed by atoms with Crippen LogP contribution in [0.3, 0.4) is 0 Å². The van der Waals surface area contributed by atoms with Gasteiger partial charge in [-0.05, 0) is 48.5 Å². The molecule has 2 rings (SSSR count). The van der Waals surface area contributed by atoms with Crippen molar-refractivity contribution in [2.75, 3.05) is 5.32 Å².